The molecule has 0 aliphatic carbocycles. The summed E-state index contributed by atoms with van der Waals surface area (Å²) >= 11 is 0. The Morgan fingerprint density at radius 3 is 2.00 bits per heavy atom. The standard InChI is InChI=1S/C14H23NO3S/c1-10(2)12-5-7-13(8-6-12)19(17,18)15-14(9-16)11(3)4/h5-8,10-11,14-16H,9H2,1-4H3/t14-/m1/s1. The molecule has 1 aromatic rings. The van der Waals surface area contributed by atoms with Crippen molar-refractivity contribution in [2.24, 2.45) is 5.92 Å². The van der Waals surface area contributed by atoms with E-state index in [9.17, 15) is 13.5 Å². The van der Waals surface area contributed by atoms with Crippen LogP contribution in [-0.2, 0) is 10.0 Å². The Bertz CT molecular complexity index is 492. The number of benzene rings is 1. The van der Waals surface area contributed by atoms with Crippen LogP contribution in [0.5, 0.6) is 0 Å². The highest BCUT2D eigenvalue weighted by atomic mass is 32.2. The first-order valence-electron chi connectivity index (χ1n) is 6.51. The molecule has 0 heterocycles. The van der Waals surface area contributed by atoms with E-state index in [-0.39, 0.29) is 17.4 Å². The molecule has 2 N–H and O–H groups in total. The van der Waals surface area contributed by atoms with Gasteiger partial charge in [0.25, 0.3) is 0 Å². The fraction of sp³-hybridized carbons (Fsp3) is 0.571. The highest BCUT2D eigenvalue weighted by Crippen LogP contribution is 2.18. The molecule has 1 aromatic carbocycles. The first-order valence-corrected chi connectivity index (χ1v) is 7.99. The summed E-state index contributed by atoms with van der Waals surface area (Å²) in [5.74, 6) is 0.403. The lowest BCUT2D eigenvalue weighted by molar-refractivity contribution is 0.227. The molecule has 108 valence electrons. The topological polar surface area (TPSA) is 66.4 Å². The summed E-state index contributed by atoms with van der Waals surface area (Å²) in [6.07, 6.45) is 0. The normalized spacial score (nSPS) is 14.1. The molecule has 0 saturated heterocycles. The number of hydrogen-bond donors (Lipinski definition) is 2. The van der Waals surface area contributed by atoms with Gasteiger partial charge in [-0.25, -0.2) is 13.1 Å². The third-order valence-electron chi connectivity index (χ3n) is 3.17. The third kappa shape index (κ3) is 4.30. The van der Waals surface area contributed by atoms with Gasteiger partial charge >= 0.3 is 0 Å². The maximum atomic E-state index is 12.2. The molecule has 0 amide bonds. The van der Waals surface area contributed by atoms with Gasteiger partial charge in [0.2, 0.25) is 10.0 Å². The van der Waals surface area contributed by atoms with Gasteiger partial charge in [-0.05, 0) is 29.5 Å². The van der Waals surface area contributed by atoms with Crippen molar-refractivity contribution >= 4 is 10.0 Å². The smallest absolute Gasteiger partial charge is 0.240 e. The van der Waals surface area contributed by atoms with Crippen LogP contribution in [0, 0.1) is 5.92 Å². The number of aliphatic hydroxyl groups is 1. The molecule has 19 heavy (non-hydrogen) atoms. The highest BCUT2D eigenvalue weighted by Gasteiger charge is 2.21. The summed E-state index contributed by atoms with van der Waals surface area (Å²) in [5.41, 5.74) is 1.10. The van der Waals surface area contributed by atoms with Gasteiger partial charge in [-0.3, -0.25) is 0 Å². The lowest BCUT2D eigenvalue weighted by atomic mass is 10.0. The quantitative estimate of drug-likeness (QED) is 0.841. The average Bonchev–Trinajstić information content (AvgIpc) is 2.35. The van der Waals surface area contributed by atoms with Crippen molar-refractivity contribution < 1.29 is 13.5 Å². The molecule has 0 unspecified atom stereocenters. The second-order valence-corrected chi connectivity index (χ2v) is 7.09. The SMILES string of the molecule is CC(C)c1ccc(S(=O)(=O)N[C@H](CO)C(C)C)cc1. The first-order chi connectivity index (χ1) is 8.77. The van der Waals surface area contributed by atoms with E-state index >= 15 is 0 Å². The maximum absolute atomic E-state index is 12.2. The molecule has 0 aliphatic rings. The van der Waals surface area contributed by atoms with Crippen molar-refractivity contribution in [3.8, 4) is 0 Å². The lowest BCUT2D eigenvalue weighted by Crippen LogP contribution is -2.41. The van der Waals surface area contributed by atoms with Crippen molar-refractivity contribution in [2.45, 2.75) is 44.6 Å². The van der Waals surface area contributed by atoms with Crippen molar-refractivity contribution in [1.29, 1.82) is 0 Å². The Kier molecular flexibility index (Phi) is 5.52. The van der Waals surface area contributed by atoms with Crippen LogP contribution in [0.4, 0.5) is 0 Å². The van der Waals surface area contributed by atoms with Crippen LogP contribution in [0.1, 0.15) is 39.2 Å². The fourth-order valence-corrected chi connectivity index (χ4v) is 3.06. The number of aliphatic hydroxyl groups excluding tert-OH is 1. The van der Waals surface area contributed by atoms with Crippen molar-refractivity contribution in [2.75, 3.05) is 6.61 Å². The molecule has 0 spiro atoms. The summed E-state index contributed by atoms with van der Waals surface area (Å²) in [7, 11) is -3.57. The molecule has 1 atom stereocenters. The number of rotatable bonds is 6. The Hall–Kier alpha value is -0.910. The largest absolute Gasteiger partial charge is 0.395 e. The molecule has 0 saturated carbocycles. The van der Waals surface area contributed by atoms with Crippen LogP contribution in [0.25, 0.3) is 0 Å². The molecule has 0 aromatic heterocycles. The molecule has 0 fully saturated rings. The number of nitrogens with one attached hydrogen (secondary N) is 1. The number of hydrogen-bond acceptors (Lipinski definition) is 3. The van der Waals surface area contributed by atoms with Crippen molar-refractivity contribution in [3.63, 3.8) is 0 Å². The predicted molar refractivity (Wildman–Crippen MR) is 76.6 cm³/mol. The summed E-state index contributed by atoms with van der Waals surface area (Å²) in [5, 5.41) is 9.20. The fourth-order valence-electron chi connectivity index (χ4n) is 1.68. The molecular weight excluding hydrogens is 262 g/mol. The molecule has 0 bridgehead atoms. The van der Waals surface area contributed by atoms with Crippen LogP contribution in [0.2, 0.25) is 0 Å². The average molecular weight is 285 g/mol. The van der Waals surface area contributed by atoms with E-state index in [1.165, 1.54) is 0 Å². The van der Waals surface area contributed by atoms with Crippen molar-refractivity contribution in [3.05, 3.63) is 29.8 Å². The Labute approximate surface area is 115 Å². The van der Waals surface area contributed by atoms with Crippen LogP contribution >= 0.6 is 0 Å². The summed E-state index contributed by atoms with van der Waals surface area (Å²) in [4.78, 5) is 0.232. The Morgan fingerprint density at radius 1 is 1.11 bits per heavy atom. The van der Waals surface area contributed by atoms with Gasteiger partial charge < -0.3 is 5.11 Å². The zero-order chi connectivity index (χ0) is 14.6. The molecule has 4 nitrogen and oxygen atoms in total. The maximum Gasteiger partial charge on any atom is 0.240 e. The summed E-state index contributed by atoms with van der Waals surface area (Å²) in [6, 6.07) is 6.39. The van der Waals surface area contributed by atoms with Gasteiger partial charge in [-0.15, -0.1) is 0 Å². The van der Waals surface area contributed by atoms with E-state index in [4.69, 9.17) is 0 Å². The lowest BCUT2D eigenvalue weighted by Gasteiger charge is -2.20. The molecule has 5 heteroatoms. The van der Waals surface area contributed by atoms with E-state index < -0.39 is 16.1 Å². The molecule has 1 rings (SSSR count). The molecule has 0 radical (unpaired) electrons. The van der Waals surface area contributed by atoms with E-state index in [1.54, 1.807) is 12.1 Å². The molecular formula is C14H23NO3S. The van der Waals surface area contributed by atoms with Gasteiger partial charge in [0.05, 0.1) is 11.5 Å². The van der Waals surface area contributed by atoms with E-state index in [0.717, 1.165) is 5.56 Å². The Morgan fingerprint density at radius 2 is 1.63 bits per heavy atom. The van der Waals surface area contributed by atoms with Crippen LogP contribution in [0.3, 0.4) is 0 Å². The minimum absolute atomic E-state index is 0.0368. The van der Waals surface area contributed by atoms with Gasteiger partial charge in [-0.2, -0.15) is 0 Å². The minimum Gasteiger partial charge on any atom is -0.395 e. The predicted octanol–water partition coefficient (Wildman–Crippen LogP) is 2.11. The van der Waals surface area contributed by atoms with Gasteiger partial charge in [0.15, 0.2) is 0 Å². The van der Waals surface area contributed by atoms with Gasteiger partial charge in [0.1, 0.15) is 0 Å². The summed E-state index contributed by atoms with van der Waals surface area (Å²) < 4.78 is 26.9. The second-order valence-electron chi connectivity index (χ2n) is 5.38. The monoisotopic (exact) mass is 285 g/mol. The van der Waals surface area contributed by atoms with Crippen LogP contribution in [0.15, 0.2) is 29.2 Å². The van der Waals surface area contributed by atoms with E-state index in [0.29, 0.717) is 5.92 Å². The Balaban J connectivity index is 2.94. The van der Waals surface area contributed by atoms with Crippen LogP contribution < -0.4 is 4.72 Å². The zero-order valence-corrected chi connectivity index (χ0v) is 12.7. The van der Waals surface area contributed by atoms with Crippen molar-refractivity contribution in [1.82, 2.24) is 4.72 Å². The highest BCUT2D eigenvalue weighted by molar-refractivity contribution is 7.89. The second kappa shape index (κ2) is 6.50. The van der Waals surface area contributed by atoms with Gasteiger partial charge in [-0.1, -0.05) is 39.8 Å². The van der Waals surface area contributed by atoms with E-state index in [2.05, 4.69) is 18.6 Å². The summed E-state index contributed by atoms with van der Waals surface area (Å²) in [6.45, 7) is 7.64. The zero-order valence-electron chi connectivity index (χ0n) is 11.9. The molecule has 0 aliphatic heterocycles. The van der Waals surface area contributed by atoms with E-state index in [1.807, 2.05) is 26.0 Å². The number of sulfonamides is 1. The van der Waals surface area contributed by atoms with Crippen LogP contribution in [-0.4, -0.2) is 26.2 Å². The van der Waals surface area contributed by atoms with Gasteiger partial charge in [0, 0.05) is 6.04 Å². The third-order valence-corrected chi connectivity index (χ3v) is 4.67. The minimum atomic E-state index is -3.57. The first kappa shape index (κ1) is 16.1.